The lowest BCUT2D eigenvalue weighted by Gasteiger charge is -2.35. The molecule has 10 nitrogen and oxygen atoms in total. The third-order valence-corrected chi connectivity index (χ3v) is 7.28. The number of amides is 1. The number of hydrogen-bond acceptors (Lipinski definition) is 7. The Labute approximate surface area is 206 Å². The van der Waals surface area contributed by atoms with E-state index in [0.717, 1.165) is 23.8 Å². The van der Waals surface area contributed by atoms with Crippen molar-refractivity contribution in [1.82, 2.24) is 29.5 Å². The Hall–Kier alpha value is -3.57. The number of fused-ring (bicyclic) bond motifs is 2. The van der Waals surface area contributed by atoms with Gasteiger partial charge in [0.2, 0.25) is 0 Å². The number of pyridine rings is 1. The van der Waals surface area contributed by atoms with Crippen molar-refractivity contribution in [3.05, 3.63) is 42.4 Å². The highest BCUT2D eigenvalue weighted by Gasteiger charge is 2.33. The van der Waals surface area contributed by atoms with Crippen molar-refractivity contribution in [1.29, 1.82) is 0 Å². The Morgan fingerprint density at radius 1 is 1.28 bits per heavy atom. The zero-order chi connectivity index (χ0) is 24.8. The molecule has 4 atom stereocenters. The van der Waals surface area contributed by atoms with Gasteiger partial charge in [-0.2, -0.15) is 9.61 Å². The number of rotatable bonds is 6. The number of carbonyl (C=O) groups is 1. The lowest BCUT2D eigenvalue weighted by molar-refractivity contribution is 0.00443. The molecule has 6 rings (SSSR count). The first-order valence-electron chi connectivity index (χ1n) is 12.2. The number of nitrogens with zero attached hydrogens (tertiary/aromatic N) is 5. The molecule has 0 radical (unpaired) electrons. The lowest BCUT2D eigenvalue weighted by atomic mass is 9.89. The van der Waals surface area contributed by atoms with E-state index < -0.39 is 6.17 Å². The number of alkyl halides is 1. The van der Waals surface area contributed by atoms with Crippen LogP contribution in [0.3, 0.4) is 0 Å². The zero-order valence-electron chi connectivity index (χ0n) is 20.1. The largest absolute Gasteiger partial charge is 0.379 e. The van der Waals surface area contributed by atoms with Crippen molar-refractivity contribution in [3.63, 3.8) is 0 Å². The first kappa shape index (κ1) is 22.9. The lowest BCUT2D eigenvalue weighted by Crippen LogP contribution is -2.51. The summed E-state index contributed by atoms with van der Waals surface area (Å²) in [4.78, 5) is 22.6. The van der Waals surface area contributed by atoms with Crippen molar-refractivity contribution in [3.8, 4) is 11.3 Å². The maximum atomic E-state index is 14.8. The minimum absolute atomic E-state index is 0.0234. The topological polar surface area (TPSA) is 108 Å². The molecule has 0 spiro atoms. The van der Waals surface area contributed by atoms with Crippen LogP contribution < -0.4 is 10.6 Å². The molecule has 1 saturated heterocycles. The smallest absolute Gasteiger partial charge is 0.257 e. The molecule has 0 aromatic carbocycles. The Kier molecular flexibility index (Phi) is 5.81. The van der Waals surface area contributed by atoms with Crippen LogP contribution in [0.4, 0.5) is 10.2 Å². The zero-order valence-corrected chi connectivity index (χ0v) is 20.1. The minimum Gasteiger partial charge on any atom is -0.379 e. The molecule has 4 aromatic heterocycles. The molecule has 2 N–H and O–H groups in total. The fourth-order valence-corrected chi connectivity index (χ4v) is 5.15. The van der Waals surface area contributed by atoms with Gasteiger partial charge in [0.25, 0.3) is 5.91 Å². The number of ether oxygens (including phenoxy) is 2. The molecule has 1 saturated carbocycles. The van der Waals surface area contributed by atoms with Crippen molar-refractivity contribution < 1.29 is 18.7 Å². The van der Waals surface area contributed by atoms with Crippen LogP contribution in [0.25, 0.3) is 27.9 Å². The van der Waals surface area contributed by atoms with E-state index in [9.17, 15) is 9.18 Å². The monoisotopic (exact) mass is 493 g/mol. The van der Waals surface area contributed by atoms with Crippen LogP contribution in [-0.2, 0) is 9.47 Å². The van der Waals surface area contributed by atoms with Crippen LogP contribution in [-0.4, -0.2) is 75.7 Å². The second-order valence-corrected chi connectivity index (χ2v) is 9.27. The number of hydrogen-bond donors (Lipinski definition) is 2. The summed E-state index contributed by atoms with van der Waals surface area (Å²) in [7, 11) is 3.44. The summed E-state index contributed by atoms with van der Waals surface area (Å²) in [5.41, 5.74) is 2.95. The Bertz CT molecular complexity index is 1430. The van der Waals surface area contributed by atoms with E-state index in [2.05, 4.69) is 20.7 Å². The highest BCUT2D eigenvalue weighted by molar-refractivity contribution is 6.01. The minimum atomic E-state index is -1.12. The van der Waals surface area contributed by atoms with E-state index in [0.29, 0.717) is 41.4 Å². The summed E-state index contributed by atoms with van der Waals surface area (Å²) in [6, 6.07) is 5.29. The maximum Gasteiger partial charge on any atom is 0.257 e. The van der Waals surface area contributed by atoms with Gasteiger partial charge in [0.1, 0.15) is 23.2 Å². The second kappa shape index (κ2) is 9.14. The predicted molar refractivity (Wildman–Crippen MR) is 132 cm³/mol. The number of anilines is 1. The summed E-state index contributed by atoms with van der Waals surface area (Å²) in [5.74, 6) is 0.432. The molecular weight excluding hydrogens is 465 g/mol. The summed E-state index contributed by atoms with van der Waals surface area (Å²) in [6.45, 7) is 0.570. The number of halogens is 1. The van der Waals surface area contributed by atoms with Crippen molar-refractivity contribution in [2.24, 2.45) is 0 Å². The van der Waals surface area contributed by atoms with Gasteiger partial charge >= 0.3 is 0 Å². The van der Waals surface area contributed by atoms with Gasteiger partial charge in [-0.25, -0.2) is 14.4 Å². The van der Waals surface area contributed by atoms with Crippen LogP contribution in [0.15, 0.2) is 36.8 Å². The summed E-state index contributed by atoms with van der Waals surface area (Å²) >= 11 is 0. The number of nitrogens with one attached hydrogen (secondary N) is 2. The standard InChI is InChI=1S/C25H28FN7O3/c1-27-22-10-19(30-24-15(11-29-33(22)24)25(34)31-18-5-6-21(18)35-2)16-12-32(20-7-9-36-13-17(20)26)23-14(16)4-3-8-28-23/h3-4,8,10-12,17-18,20-21,27H,5-7,9,13H2,1-2H3,(H,31,34)/t17-,18+,20-,21+/m0/s1. The third kappa shape index (κ3) is 3.70. The molecule has 5 heterocycles. The highest BCUT2D eigenvalue weighted by atomic mass is 19.1. The van der Waals surface area contributed by atoms with E-state index in [4.69, 9.17) is 14.5 Å². The van der Waals surface area contributed by atoms with Gasteiger partial charge in [-0.3, -0.25) is 4.79 Å². The van der Waals surface area contributed by atoms with E-state index in [-0.39, 0.29) is 30.7 Å². The maximum absolute atomic E-state index is 14.8. The summed E-state index contributed by atoms with van der Waals surface area (Å²) in [6.07, 6.45) is 6.40. The molecule has 0 unspecified atom stereocenters. The third-order valence-electron chi connectivity index (χ3n) is 7.28. The quantitative estimate of drug-likeness (QED) is 0.425. The summed E-state index contributed by atoms with van der Waals surface area (Å²) in [5, 5.41) is 11.5. The molecular formula is C25H28FN7O3. The van der Waals surface area contributed by atoms with Gasteiger partial charge < -0.3 is 24.7 Å². The van der Waals surface area contributed by atoms with Crippen LogP contribution in [0.1, 0.15) is 35.7 Å². The van der Waals surface area contributed by atoms with E-state index >= 15 is 0 Å². The Morgan fingerprint density at radius 3 is 2.92 bits per heavy atom. The van der Waals surface area contributed by atoms with E-state index in [1.54, 1.807) is 24.9 Å². The molecule has 2 aliphatic rings. The molecule has 1 aliphatic heterocycles. The molecule has 1 aliphatic carbocycles. The SMILES string of the molecule is CNc1cc(-c2cn([C@H]3CCOC[C@@H]3F)c3ncccc23)nc2c(C(=O)N[C@@H]3CC[C@H]3OC)cnn12. The van der Waals surface area contributed by atoms with Gasteiger partial charge in [0.05, 0.1) is 36.7 Å². The fraction of sp³-hybridized carbons (Fsp3) is 0.440. The molecule has 4 aromatic rings. The molecule has 0 bridgehead atoms. The predicted octanol–water partition coefficient (Wildman–Crippen LogP) is 2.99. The average molecular weight is 494 g/mol. The van der Waals surface area contributed by atoms with Gasteiger partial charge in [0, 0.05) is 50.2 Å². The van der Waals surface area contributed by atoms with Crippen molar-refractivity contribution in [2.75, 3.05) is 32.7 Å². The average Bonchev–Trinajstić information content (AvgIpc) is 3.49. The fourth-order valence-electron chi connectivity index (χ4n) is 5.15. The van der Waals surface area contributed by atoms with Crippen LogP contribution in [0.5, 0.6) is 0 Å². The van der Waals surface area contributed by atoms with Gasteiger partial charge in [-0.15, -0.1) is 0 Å². The first-order valence-corrected chi connectivity index (χ1v) is 12.2. The summed E-state index contributed by atoms with van der Waals surface area (Å²) < 4.78 is 29.1. The first-order chi connectivity index (χ1) is 17.6. The molecule has 1 amide bonds. The number of aromatic nitrogens is 5. The van der Waals surface area contributed by atoms with Gasteiger partial charge in [0.15, 0.2) is 5.65 Å². The van der Waals surface area contributed by atoms with Crippen molar-refractivity contribution >= 4 is 28.4 Å². The Morgan fingerprint density at radius 2 is 2.17 bits per heavy atom. The molecule has 11 heteroatoms. The van der Waals surface area contributed by atoms with E-state index in [1.807, 2.05) is 29.0 Å². The molecule has 188 valence electrons. The van der Waals surface area contributed by atoms with Gasteiger partial charge in [-0.05, 0) is 31.4 Å². The van der Waals surface area contributed by atoms with Crippen LogP contribution in [0.2, 0.25) is 0 Å². The number of carbonyl (C=O) groups excluding carboxylic acids is 1. The van der Waals surface area contributed by atoms with E-state index in [1.165, 1.54) is 6.20 Å². The van der Waals surface area contributed by atoms with Crippen molar-refractivity contribution in [2.45, 2.75) is 43.6 Å². The number of methoxy groups -OCH3 is 1. The van der Waals surface area contributed by atoms with Gasteiger partial charge in [-0.1, -0.05) is 0 Å². The van der Waals surface area contributed by atoms with Crippen LogP contribution in [0, 0.1) is 0 Å². The molecule has 2 fully saturated rings. The Balaban J connectivity index is 1.45. The normalized spacial score (nSPS) is 24.1. The van der Waals surface area contributed by atoms with Crippen LogP contribution >= 0.6 is 0 Å². The second-order valence-electron chi connectivity index (χ2n) is 9.27. The molecule has 36 heavy (non-hydrogen) atoms. The highest BCUT2D eigenvalue weighted by Crippen LogP contribution is 2.35.